The molecule has 2 heterocycles. The van der Waals surface area contributed by atoms with Crippen LogP contribution in [0.3, 0.4) is 0 Å². The summed E-state index contributed by atoms with van der Waals surface area (Å²) in [6.45, 7) is 3.87. The van der Waals surface area contributed by atoms with Gasteiger partial charge in [-0.1, -0.05) is 37.2 Å². The third-order valence-corrected chi connectivity index (χ3v) is 7.66. The van der Waals surface area contributed by atoms with Crippen LogP contribution in [0.5, 0.6) is 0 Å². The highest BCUT2D eigenvalue weighted by Gasteiger charge is 2.46. The molecule has 0 unspecified atom stereocenters. The summed E-state index contributed by atoms with van der Waals surface area (Å²) in [5.41, 5.74) is 1.17. The number of benzene rings is 1. The molecule has 5 rings (SSSR count). The van der Waals surface area contributed by atoms with Gasteiger partial charge in [-0.25, -0.2) is 4.98 Å². The highest BCUT2D eigenvalue weighted by Crippen LogP contribution is 2.49. The number of fused-ring (bicyclic) bond motifs is 5. The number of carbonyl (C=O) groups is 1. The monoisotopic (exact) mass is 423 g/mol. The average Bonchev–Trinajstić information content (AvgIpc) is 3.35. The van der Waals surface area contributed by atoms with Crippen LogP contribution in [0, 0.1) is 24.7 Å². The zero-order valence-electron chi connectivity index (χ0n) is 17.2. The van der Waals surface area contributed by atoms with Crippen LogP contribution in [0.25, 0.3) is 16.6 Å². The number of para-hydroxylation sites is 1. The van der Waals surface area contributed by atoms with Gasteiger partial charge in [-0.05, 0) is 56.1 Å². The Labute approximate surface area is 178 Å². The van der Waals surface area contributed by atoms with E-state index in [0.717, 1.165) is 23.2 Å². The summed E-state index contributed by atoms with van der Waals surface area (Å²) in [5.74, 6) is 2.31. The normalized spacial score (nSPS) is 25.3. The predicted octanol–water partition coefficient (Wildman–Crippen LogP) is 2.98. The van der Waals surface area contributed by atoms with Gasteiger partial charge in [-0.2, -0.15) is 14.6 Å². The summed E-state index contributed by atoms with van der Waals surface area (Å²) in [6.07, 6.45) is 4.93. The van der Waals surface area contributed by atoms with Crippen molar-refractivity contribution < 1.29 is 4.79 Å². The Balaban J connectivity index is 1.40. The van der Waals surface area contributed by atoms with E-state index in [4.69, 9.17) is 0 Å². The number of amides is 1. The van der Waals surface area contributed by atoms with Crippen molar-refractivity contribution in [3.05, 3.63) is 40.3 Å². The van der Waals surface area contributed by atoms with E-state index in [9.17, 15) is 9.59 Å². The Kier molecular flexibility index (Phi) is 4.97. The summed E-state index contributed by atoms with van der Waals surface area (Å²) < 4.78 is 1.59. The second kappa shape index (κ2) is 7.65. The SMILES string of the molecule is CC[C@@H]1[C@H]2CC[C@@H](C2)[C@H]1NC(=O)CSc1nc2ccccc2c2nc(=O)c(C)nn12. The minimum Gasteiger partial charge on any atom is -0.352 e. The van der Waals surface area contributed by atoms with Gasteiger partial charge in [0.15, 0.2) is 10.8 Å². The Morgan fingerprint density at radius 2 is 2.03 bits per heavy atom. The van der Waals surface area contributed by atoms with Crippen LogP contribution in [0.1, 0.15) is 38.3 Å². The molecule has 2 saturated carbocycles. The van der Waals surface area contributed by atoms with E-state index in [1.807, 2.05) is 24.3 Å². The van der Waals surface area contributed by atoms with Gasteiger partial charge in [-0.3, -0.25) is 9.59 Å². The molecule has 1 amide bonds. The number of thioether (sulfide) groups is 1. The van der Waals surface area contributed by atoms with Crippen LogP contribution in [0.15, 0.2) is 34.2 Å². The van der Waals surface area contributed by atoms with Gasteiger partial charge < -0.3 is 5.32 Å². The van der Waals surface area contributed by atoms with Crippen LogP contribution in [-0.2, 0) is 4.79 Å². The maximum atomic E-state index is 12.8. The Morgan fingerprint density at radius 1 is 1.23 bits per heavy atom. The van der Waals surface area contributed by atoms with Crippen molar-refractivity contribution in [3.63, 3.8) is 0 Å². The standard InChI is InChI=1S/C22H25N5O2S/c1-3-15-13-8-9-14(10-13)19(15)24-18(28)11-30-22-23-17-7-5-4-6-16(17)20-25-21(29)12(2)26-27(20)22/h4-7,13-15,19H,3,8-11H2,1-2H3,(H,24,28)/t13-,14-,15+,19+/m0/s1. The van der Waals surface area contributed by atoms with Gasteiger partial charge >= 0.3 is 0 Å². The number of hydrogen-bond donors (Lipinski definition) is 1. The maximum Gasteiger partial charge on any atom is 0.294 e. The molecule has 2 aliphatic rings. The van der Waals surface area contributed by atoms with Gasteiger partial charge in [-0.15, -0.1) is 0 Å². The lowest BCUT2D eigenvalue weighted by molar-refractivity contribution is -0.120. The molecule has 2 aromatic heterocycles. The molecule has 0 spiro atoms. The molecular weight excluding hydrogens is 398 g/mol. The van der Waals surface area contributed by atoms with Crippen molar-refractivity contribution in [2.24, 2.45) is 17.8 Å². The van der Waals surface area contributed by atoms with Gasteiger partial charge in [0.2, 0.25) is 5.91 Å². The number of nitrogens with one attached hydrogen (secondary N) is 1. The van der Waals surface area contributed by atoms with Crippen LogP contribution >= 0.6 is 11.8 Å². The molecule has 2 bridgehead atoms. The van der Waals surface area contributed by atoms with Crippen molar-refractivity contribution in [2.75, 3.05) is 5.75 Å². The lowest BCUT2D eigenvalue weighted by Crippen LogP contribution is -2.44. The fourth-order valence-electron chi connectivity index (χ4n) is 5.36. The number of nitrogens with zero attached hydrogens (tertiary/aromatic N) is 4. The third-order valence-electron chi connectivity index (χ3n) is 6.73. The Hall–Kier alpha value is -2.48. The van der Waals surface area contributed by atoms with Crippen molar-refractivity contribution in [2.45, 2.75) is 50.7 Å². The summed E-state index contributed by atoms with van der Waals surface area (Å²) in [5, 5.41) is 9.03. The largest absolute Gasteiger partial charge is 0.352 e. The molecule has 2 fully saturated rings. The molecular formula is C22H25N5O2S. The van der Waals surface area contributed by atoms with Gasteiger partial charge in [0.25, 0.3) is 5.56 Å². The Morgan fingerprint density at radius 3 is 2.87 bits per heavy atom. The molecule has 4 atom stereocenters. The molecule has 3 aromatic rings. The molecule has 2 aliphatic carbocycles. The molecule has 0 radical (unpaired) electrons. The lowest BCUT2D eigenvalue weighted by atomic mass is 9.83. The molecule has 7 nitrogen and oxygen atoms in total. The highest BCUT2D eigenvalue weighted by molar-refractivity contribution is 7.99. The van der Waals surface area contributed by atoms with E-state index in [2.05, 4.69) is 27.3 Å². The predicted molar refractivity (Wildman–Crippen MR) is 117 cm³/mol. The van der Waals surface area contributed by atoms with Crippen molar-refractivity contribution in [3.8, 4) is 0 Å². The van der Waals surface area contributed by atoms with E-state index in [1.54, 1.807) is 11.4 Å². The second-order valence-corrected chi connectivity index (χ2v) is 9.38. The Bertz CT molecular complexity index is 1190. The topological polar surface area (TPSA) is 89.2 Å². The van der Waals surface area contributed by atoms with Gasteiger partial charge in [0.05, 0.1) is 11.3 Å². The minimum atomic E-state index is -0.345. The lowest BCUT2D eigenvalue weighted by Gasteiger charge is -2.31. The fourth-order valence-corrected chi connectivity index (χ4v) is 6.11. The number of rotatable bonds is 5. The molecule has 1 N–H and O–H groups in total. The number of aryl methyl sites for hydroxylation is 1. The molecule has 8 heteroatoms. The van der Waals surface area contributed by atoms with E-state index >= 15 is 0 Å². The zero-order valence-corrected chi connectivity index (χ0v) is 18.0. The number of hydrogen-bond acceptors (Lipinski definition) is 6. The van der Waals surface area contributed by atoms with Gasteiger partial charge in [0, 0.05) is 11.4 Å². The van der Waals surface area contributed by atoms with Crippen molar-refractivity contribution in [1.82, 2.24) is 24.9 Å². The van der Waals surface area contributed by atoms with E-state index in [0.29, 0.717) is 34.4 Å². The van der Waals surface area contributed by atoms with Crippen molar-refractivity contribution in [1.29, 1.82) is 0 Å². The smallest absolute Gasteiger partial charge is 0.294 e. The maximum absolute atomic E-state index is 12.8. The quantitative estimate of drug-likeness (QED) is 0.386. The van der Waals surface area contributed by atoms with Crippen LogP contribution < -0.4 is 10.9 Å². The molecule has 0 saturated heterocycles. The highest BCUT2D eigenvalue weighted by atomic mass is 32.2. The van der Waals surface area contributed by atoms with Crippen LogP contribution in [0.2, 0.25) is 0 Å². The minimum absolute atomic E-state index is 0.0323. The number of carbonyl (C=O) groups excluding carboxylic acids is 1. The second-order valence-electron chi connectivity index (χ2n) is 8.44. The molecule has 0 aliphatic heterocycles. The zero-order chi connectivity index (χ0) is 20.8. The van der Waals surface area contributed by atoms with Crippen molar-refractivity contribution >= 4 is 34.2 Å². The first-order valence-electron chi connectivity index (χ1n) is 10.6. The third kappa shape index (κ3) is 3.27. The average molecular weight is 424 g/mol. The fraction of sp³-hybridized carbons (Fsp3) is 0.500. The summed E-state index contributed by atoms with van der Waals surface area (Å²) in [4.78, 5) is 33.8. The van der Waals surface area contributed by atoms with Gasteiger partial charge in [0.1, 0.15) is 5.69 Å². The summed E-state index contributed by atoms with van der Waals surface area (Å²) in [6, 6.07) is 7.85. The van der Waals surface area contributed by atoms with E-state index < -0.39 is 0 Å². The molecule has 30 heavy (non-hydrogen) atoms. The number of aromatic nitrogens is 4. The van der Waals surface area contributed by atoms with Crippen LogP contribution in [0.4, 0.5) is 0 Å². The molecule has 156 valence electrons. The van der Waals surface area contributed by atoms with E-state index in [1.165, 1.54) is 31.0 Å². The summed E-state index contributed by atoms with van der Waals surface area (Å²) >= 11 is 1.33. The summed E-state index contributed by atoms with van der Waals surface area (Å²) in [7, 11) is 0. The van der Waals surface area contributed by atoms with E-state index in [-0.39, 0.29) is 17.2 Å². The first-order valence-corrected chi connectivity index (χ1v) is 11.6. The first kappa shape index (κ1) is 19.5. The van der Waals surface area contributed by atoms with Crippen LogP contribution in [-0.4, -0.2) is 37.3 Å². The first-order chi connectivity index (χ1) is 14.5. The molecule has 1 aromatic carbocycles.